The number of unbranched alkanes of at least 4 members (excludes halogenated alkanes) is 17. The van der Waals surface area contributed by atoms with E-state index in [-0.39, 0.29) is 5.91 Å². The number of nitrogens with two attached hydrogens (primary N) is 1. The van der Waals surface area contributed by atoms with Gasteiger partial charge in [-0.25, -0.2) is 0 Å². The molecule has 3 saturated carbocycles. The SMILES string of the molecule is CCCCCCCCCCCCCC12CC(CCCCCCCCCCC(N)=O)(C1)C2. The standard InChI is InChI=1S/C29H55NO/c1-2-3-4-5-6-7-8-10-13-16-19-22-28-24-29(25-28,26-28)23-20-17-14-11-9-12-15-18-21-27(30)31/h2-26H2,1H3,(H2,30,31). The predicted molar refractivity (Wildman–Crippen MR) is 135 cm³/mol. The molecule has 3 aliphatic rings. The third-order valence-electron chi connectivity index (χ3n) is 8.44. The molecule has 182 valence electrons. The molecule has 0 saturated heterocycles. The number of carbonyl (C=O) groups is 1. The highest BCUT2D eigenvalue weighted by molar-refractivity contribution is 5.73. The van der Waals surface area contributed by atoms with Gasteiger partial charge in [-0.05, 0) is 49.4 Å². The molecule has 2 N–H and O–H groups in total. The van der Waals surface area contributed by atoms with Gasteiger partial charge in [0.2, 0.25) is 5.91 Å². The first kappa shape index (κ1) is 26.7. The molecule has 2 heteroatoms. The zero-order valence-electron chi connectivity index (χ0n) is 21.2. The largest absolute Gasteiger partial charge is 0.370 e. The molecule has 2 bridgehead atoms. The van der Waals surface area contributed by atoms with Crippen LogP contribution in [-0.4, -0.2) is 5.91 Å². The third-order valence-corrected chi connectivity index (χ3v) is 8.44. The highest BCUT2D eigenvalue weighted by atomic mass is 16.1. The lowest BCUT2D eigenvalue weighted by Crippen LogP contribution is -2.61. The Morgan fingerprint density at radius 3 is 1.23 bits per heavy atom. The van der Waals surface area contributed by atoms with Crippen molar-refractivity contribution in [3.63, 3.8) is 0 Å². The van der Waals surface area contributed by atoms with Crippen LogP contribution in [0.15, 0.2) is 0 Å². The van der Waals surface area contributed by atoms with Gasteiger partial charge in [0.05, 0.1) is 0 Å². The van der Waals surface area contributed by atoms with E-state index in [2.05, 4.69) is 6.92 Å². The van der Waals surface area contributed by atoms with Crippen molar-refractivity contribution in [3.8, 4) is 0 Å². The van der Waals surface area contributed by atoms with Crippen LogP contribution < -0.4 is 5.73 Å². The number of rotatable bonds is 23. The Kier molecular flexibility index (Phi) is 13.2. The minimum absolute atomic E-state index is 0.144. The molecule has 0 aromatic rings. The Hall–Kier alpha value is -0.530. The molecule has 0 aromatic carbocycles. The van der Waals surface area contributed by atoms with Crippen LogP contribution >= 0.6 is 0 Å². The molecule has 0 spiro atoms. The average Bonchev–Trinajstić information content (AvgIpc) is 2.69. The Labute approximate surface area is 194 Å². The maximum Gasteiger partial charge on any atom is 0.217 e. The molecule has 31 heavy (non-hydrogen) atoms. The lowest BCUT2D eigenvalue weighted by Gasteiger charge is -2.72. The summed E-state index contributed by atoms with van der Waals surface area (Å²) < 4.78 is 0. The average molecular weight is 434 g/mol. The van der Waals surface area contributed by atoms with Gasteiger partial charge in [0, 0.05) is 6.42 Å². The molecule has 0 heterocycles. The fourth-order valence-electron chi connectivity index (χ4n) is 6.79. The minimum Gasteiger partial charge on any atom is -0.370 e. The van der Waals surface area contributed by atoms with E-state index in [0.717, 1.165) is 17.3 Å². The molecular formula is C29H55NO. The van der Waals surface area contributed by atoms with Crippen LogP contribution in [0.3, 0.4) is 0 Å². The summed E-state index contributed by atoms with van der Waals surface area (Å²) in [6.07, 6.45) is 35.0. The lowest BCUT2D eigenvalue weighted by molar-refractivity contribution is -0.212. The quantitative estimate of drug-likeness (QED) is 0.160. The van der Waals surface area contributed by atoms with E-state index in [9.17, 15) is 4.79 Å². The van der Waals surface area contributed by atoms with E-state index in [0.29, 0.717) is 6.42 Å². The minimum atomic E-state index is -0.144. The van der Waals surface area contributed by atoms with Crippen LogP contribution in [0, 0.1) is 10.8 Å². The smallest absolute Gasteiger partial charge is 0.217 e. The summed E-state index contributed by atoms with van der Waals surface area (Å²) >= 11 is 0. The fourth-order valence-corrected chi connectivity index (χ4v) is 6.79. The first-order chi connectivity index (χ1) is 15.1. The van der Waals surface area contributed by atoms with E-state index in [1.807, 2.05) is 0 Å². The second-order valence-corrected chi connectivity index (χ2v) is 11.6. The maximum atomic E-state index is 10.7. The summed E-state index contributed by atoms with van der Waals surface area (Å²) in [7, 11) is 0. The summed E-state index contributed by atoms with van der Waals surface area (Å²) in [5.74, 6) is -0.144. The van der Waals surface area contributed by atoms with Crippen LogP contribution in [0.5, 0.6) is 0 Å². The van der Waals surface area contributed by atoms with Gasteiger partial charge in [-0.1, -0.05) is 122 Å². The molecule has 3 rings (SSSR count). The number of primary amides is 1. The molecule has 0 aromatic heterocycles. The van der Waals surface area contributed by atoms with Gasteiger partial charge >= 0.3 is 0 Å². The summed E-state index contributed by atoms with van der Waals surface area (Å²) in [5.41, 5.74) is 6.81. The van der Waals surface area contributed by atoms with E-state index in [1.165, 1.54) is 122 Å². The van der Waals surface area contributed by atoms with Crippen LogP contribution in [0.25, 0.3) is 0 Å². The molecule has 0 radical (unpaired) electrons. The van der Waals surface area contributed by atoms with Crippen molar-refractivity contribution >= 4 is 5.91 Å². The van der Waals surface area contributed by atoms with Crippen molar-refractivity contribution in [1.82, 2.24) is 0 Å². The Balaban J connectivity index is 1.29. The summed E-state index contributed by atoms with van der Waals surface area (Å²) in [6.45, 7) is 2.30. The van der Waals surface area contributed by atoms with Crippen molar-refractivity contribution in [2.45, 2.75) is 167 Å². The van der Waals surface area contributed by atoms with Gasteiger partial charge < -0.3 is 5.73 Å². The Bertz CT molecular complexity index is 452. The van der Waals surface area contributed by atoms with Crippen molar-refractivity contribution in [3.05, 3.63) is 0 Å². The van der Waals surface area contributed by atoms with Crippen molar-refractivity contribution < 1.29 is 4.79 Å². The summed E-state index contributed by atoms with van der Waals surface area (Å²) in [6, 6.07) is 0. The van der Waals surface area contributed by atoms with Gasteiger partial charge in [-0.15, -0.1) is 0 Å². The molecular weight excluding hydrogens is 378 g/mol. The summed E-state index contributed by atoms with van der Waals surface area (Å²) in [4.78, 5) is 10.7. The van der Waals surface area contributed by atoms with E-state index in [1.54, 1.807) is 25.7 Å². The van der Waals surface area contributed by atoms with Gasteiger partial charge in [0.15, 0.2) is 0 Å². The molecule has 0 aliphatic heterocycles. The van der Waals surface area contributed by atoms with Crippen LogP contribution in [0.4, 0.5) is 0 Å². The monoisotopic (exact) mass is 433 g/mol. The van der Waals surface area contributed by atoms with Crippen molar-refractivity contribution in [1.29, 1.82) is 0 Å². The van der Waals surface area contributed by atoms with E-state index in [4.69, 9.17) is 5.73 Å². The van der Waals surface area contributed by atoms with Gasteiger partial charge in [-0.3, -0.25) is 4.79 Å². The maximum absolute atomic E-state index is 10.7. The number of hydrogen-bond acceptors (Lipinski definition) is 1. The normalized spacial score (nSPS) is 24.0. The second kappa shape index (κ2) is 15.3. The summed E-state index contributed by atoms with van der Waals surface area (Å²) in [5, 5.41) is 0. The van der Waals surface area contributed by atoms with Crippen LogP contribution in [0.1, 0.15) is 167 Å². The van der Waals surface area contributed by atoms with E-state index >= 15 is 0 Å². The van der Waals surface area contributed by atoms with Gasteiger partial charge in [-0.2, -0.15) is 0 Å². The topological polar surface area (TPSA) is 43.1 Å². The second-order valence-electron chi connectivity index (χ2n) is 11.6. The number of amides is 1. The molecule has 1 amide bonds. The highest BCUT2D eigenvalue weighted by Gasteiger charge is 2.65. The Morgan fingerprint density at radius 2 is 0.871 bits per heavy atom. The molecule has 0 unspecified atom stereocenters. The molecule has 2 nitrogen and oxygen atoms in total. The van der Waals surface area contributed by atoms with E-state index < -0.39 is 0 Å². The fraction of sp³-hybridized carbons (Fsp3) is 0.966. The lowest BCUT2D eigenvalue weighted by atomic mass is 9.33. The van der Waals surface area contributed by atoms with Crippen LogP contribution in [-0.2, 0) is 4.79 Å². The predicted octanol–water partition coefficient (Wildman–Crippen LogP) is 9.24. The van der Waals surface area contributed by atoms with Crippen LogP contribution in [0.2, 0.25) is 0 Å². The first-order valence-corrected chi connectivity index (χ1v) is 14.4. The molecule has 3 fully saturated rings. The zero-order chi connectivity index (χ0) is 22.3. The first-order valence-electron chi connectivity index (χ1n) is 14.4. The molecule has 0 atom stereocenters. The highest BCUT2D eigenvalue weighted by Crippen LogP contribution is 2.76. The Morgan fingerprint density at radius 1 is 0.548 bits per heavy atom. The van der Waals surface area contributed by atoms with Crippen molar-refractivity contribution in [2.24, 2.45) is 16.6 Å². The molecule has 3 aliphatic carbocycles. The van der Waals surface area contributed by atoms with Crippen molar-refractivity contribution in [2.75, 3.05) is 0 Å². The van der Waals surface area contributed by atoms with Gasteiger partial charge in [0.25, 0.3) is 0 Å². The zero-order valence-corrected chi connectivity index (χ0v) is 21.2. The van der Waals surface area contributed by atoms with Gasteiger partial charge in [0.1, 0.15) is 0 Å². The number of carbonyl (C=O) groups excluding carboxylic acids is 1. The third kappa shape index (κ3) is 10.8. The number of hydrogen-bond donors (Lipinski definition) is 1.